The molecule has 0 saturated carbocycles. The molecule has 0 aliphatic carbocycles. The van der Waals surface area contributed by atoms with Crippen molar-refractivity contribution in [3.63, 3.8) is 0 Å². The van der Waals surface area contributed by atoms with Gasteiger partial charge in [-0.05, 0) is 31.9 Å². The summed E-state index contributed by atoms with van der Waals surface area (Å²) in [4.78, 5) is 25.2. The summed E-state index contributed by atoms with van der Waals surface area (Å²) in [6.45, 7) is 3.10. The first-order chi connectivity index (χ1) is 11.6. The molecule has 0 aromatic heterocycles. The van der Waals surface area contributed by atoms with E-state index in [4.69, 9.17) is 14.7 Å². The van der Waals surface area contributed by atoms with Crippen LogP contribution in [0.15, 0.2) is 24.3 Å². The van der Waals surface area contributed by atoms with Crippen LogP contribution in [0.1, 0.15) is 25.3 Å². The molecule has 2 rings (SSSR count). The standard InChI is InChI=1S/C17H21N3O4/c1-2-23-17(22)20-9-7-14(8-10-20)19-16(21)12-24-15-6-4-3-5-13(15)11-18/h3-6,14H,2,7-10,12H2,1H3,(H,19,21). The normalized spacial score (nSPS) is 14.6. The molecular weight excluding hydrogens is 310 g/mol. The number of amides is 2. The fraction of sp³-hybridized carbons (Fsp3) is 0.471. The number of likely N-dealkylation sites (tertiary alicyclic amines) is 1. The van der Waals surface area contributed by atoms with Gasteiger partial charge in [-0.25, -0.2) is 4.79 Å². The second-order valence-corrected chi connectivity index (χ2v) is 5.42. The van der Waals surface area contributed by atoms with Crippen molar-refractivity contribution < 1.29 is 19.1 Å². The average Bonchev–Trinajstić information content (AvgIpc) is 2.61. The molecule has 0 unspecified atom stereocenters. The summed E-state index contributed by atoms with van der Waals surface area (Å²) in [5.41, 5.74) is 0.396. The number of piperidine rings is 1. The Labute approximate surface area is 141 Å². The lowest BCUT2D eigenvalue weighted by Crippen LogP contribution is -2.47. The molecule has 0 atom stereocenters. The van der Waals surface area contributed by atoms with Crippen LogP contribution in [0.3, 0.4) is 0 Å². The van der Waals surface area contributed by atoms with Crippen LogP contribution in [0, 0.1) is 11.3 Å². The number of hydrogen-bond donors (Lipinski definition) is 1. The van der Waals surface area contributed by atoms with Gasteiger partial charge in [0.2, 0.25) is 0 Å². The second kappa shape index (κ2) is 8.77. The number of nitriles is 1. The van der Waals surface area contributed by atoms with E-state index in [0.717, 1.165) is 0 Å². The molecule has 1 saturated heterocycles. The van der Waals surface area contributed by atoms with Gasteiger partial charge in [0.15, 0.2) is 6.61 Å². The van der Waals surface area contributed by atoms with Gasteiger partial charge < -0.3 is 19.7 Å². The van der Waals surface area contributed by atoms with E-state index in [0.29, 0.717) is 43.9 Å². The van der Waals surface area contributed by atoms with Gasteiger partial charge in [-0.3, -0.25) is 4.79 Å². The fourth-order valence-electron chi connectivity index (χ4n) is 2.52. The predicted molar refractivity (Wildman–Crippen MR) is 86.4 cm³/mol. The van der Waals surface area contributed by atoms with E-state index in [1.165, 1.54) is 0 Å². The Kier molecular flexibility index (Phi) is 6.43. The largest absolute Gasteiger partial charge is 0.482 e. The highest BCUT2D eigenvalue weighted by Gasteiger charge is 2.24. The van der Waals surface area contributed by atoms with Crippen LogP contribution in [0.5, 0.6) is 5.75 Å². The molecule has 2 amide bonds. The van der Waals surface area contributed by atoms with Crippen LogP contribution in [-0.4, -0.2) is 49.2 Å². The van der Waals surface area contributed by atoms with Gasteiger partial charge in [0, 0.05) is 19.1 Å². The Morgan fingerprint density at radius 3 is 2.71 bits per heavy atom. The van der Waals surface area contributed by atoms with Crippen molar-refractivity contribution in [3.8, 4) is 11.8 Å². The number of para-hydroxylation sites is 1. The summed E-state index contributed by atoms with van der Waals surface area (Å²) in [5, 5.41) is 11.9. The molecule has 1 fully saturated rings. The zero-order valence-electron chi connectivity index (χ0n) is 13.7. The molecule has 7 heteroatoms. The Morgan fingerprint density at radius 2 is 2.04 bits per heavy atom. The third-order valence-corrected chi connectivity index (χ3v) is 3.75. The van der Waals surface area contributed by atoms with E-state index in [1.807, 2.05) is 6.07 Å². The summed E-state index contributed by atoms with van der Waals surface area (Å²) in [6, 6.07) is 8.81. The van der Waals surface area contributed by atoms with Gasteiger partial charge in [-0.2, -0.15) is 5.26 Å². The smallest absolute Gasteiger partial charge is 0.409 e. The average molecular weight is 331 g/mol. The summed E-state index contributed by atoms with van der Waals surface area (Å²) in [7, 11) is 0. The molecule has 0 bridgehead atoms. The van der Waals surface area contributed by atoms with Gasteiger partial charge in [-0.15, -0.1) is 0 Å². The van der Waals surface area contributed by atoms with Gasteiger partial charge >= 0.3 is 6.09 Å². The van der Waals surface area contributed by atoms with Crippen LogP contribution in [0.2, 0.25) is 0 Å². The maximum Gasteiger partial charge on any atom is 0.409 e. The summed E-state index contributed by atoms with van der Waals surface area (Å²) in [6.07, 6.45) is 1.05. The number of carbonyl (C=O) groups excluding carboxylic acids is 2. The van der Waals surface area contributed by atoms with Crippen LogP contribution in [-0.2, 0) is 9.53 Å². The van der Waals surface area contributed by atoms with Crippen molar-refractivity contribution >= 4 is 12.0 Å². The molecular formula is C17H21N3O4. The van der Waals surface area contributed by atoms with Gasteiger partial charge in [0.1, 0.15) is 11.8 Å². The maximum atomic E-state index is 12.0. The molecule has 1 heterocycles. The highest BCUT2D eigenvalue weighted by molar-refractivity contribution is 5.78. The summed E-state index contributed by atoms with van der Waals surface area (Å²) in [5.74, 6) is 0.157. The molecule has 1 aromatic carbocycles. The van der Waals surface area contributed by atoms with Crippen molar-refractivity contribution in [1.82, 2.24) is 10.2 Å². The van der Waals surface area contributed by atoms with E-state index in [1.54, 1.807) is 36.1 Å². The monoisotopic (exact) mass is 331 g/mol. The first kappa shape index (κ1) is 17.6. The second-order valence-electron chi connectivity index (χ2n) is 5.42. The Hall–Kier alpha value is -2.75. The summed E-state index contributed by atoms with van der Waals surface area (Å²) < 4.78 is 10.4. The number of hydrogen-bond acceptors (Lipinski definition) is 5. The minimum Gasteiger partial charge on any atom is -0.482 e. The van der Waals surface area contributed by atoms with Gasteiger partial charge in [-0.1, -0.05) is 12.1 Å². The molecule has 0 radical (unpaired) electrons. The van der Waals surface area contributed by atoms with E-state index >= 15 is 0 Å². The molecule has 1 aliphatic heterocycles. The van der Waals surface area contributed by atoms with E-state index < -0.39 is 0 Å². The quantitative estimate of drug-likeness (QED) is 0.886. The van der Waals surface area contributed by atoms with Crippen molar-refractivity contribution in [2.75, 3.05) is 26.3 Å². The zero-order valence-corrected chi connectivity index (χ0v) is 13.7. The molecule has 7 nitrogen and oxygen atoms in total. The van der Waals surface area contributed by atoms with Crippen molar-refractivity contribution in [3.05, 3.63) is 29.8 Å². The maximum absolute atomic E-state index is 12.0. The molecule has 1 aliphatic rings. The minimum atomic E-state index is -0.307. The lowest BCUT2D eigenvalue weighted by Gasteiger charge is -2.31. The van der Waals surface area contributed by atoms with E-state index in [2.05, 4.69) is 5.32 Å². The van der Waals surface area contributed by atoms with E-state index in [-0.39, 0.29) is 24.6 Å². The SMILES string of the molecule is CCOC(=O)N1CCC(NC(=O)COc2ccccc2C#N)CC1. The Balaban J connectivity index is 1.74. The first-order valence-electron chi connectivity index (χ1n) is 7.97. The van der Waals surface area contributed by atoms with Crippen LogP contribution in [0.4, 0.5) is 4.79 Å². The highest BCUT2D eigenvalue weighted by atomic mass is 16.6. The third kappa shape index (κ3) is 4.88. The Bertz CT molecular complexity index is 619. The minimum absolute atomic E-state index is 0.0120. The molecule has 128 valence electrons. The van der Waals surface area contributed by atoms with Crippen LogP contribution in [0.25, 0.3) is 0 Å². The third-order valence-electron chi connectivity index (χ3n) is 3.75. The molecule has 24 heavy (non-hydrogen) atoms. The Morgan fingerprint density at radius 1 is 1.33 bits per heavy atom. The van der Waals surface area contributed by atoms with Crippen molar-refractivity contribution in [1.29, 1.82) is 5.26 Å². The molecule has 1 aromatic rings. The fourth-order valence-corrected chi connectivity index (χ4v) is 2.52. The predicted octanol–water partition coefficient (Wildman–Crippen LogP) is 1.67. The highest BCUT2D eigenvalue weighted by Crippen LogP contribution is 2.16. The molecule has 0 spiro atoms. The zero-order chi connectivity index (χ0) is 17.4. The van der Waals surface area contributed by atoms with Crippen LogP contribution < -0.4 is 10.1 Å². The number of nitrogens with one attached hydrogen (secondary N) is 1. The molecule has 1 N–H and O–H groups in total. The van der Waals surface area contributed by atoms with E-state index in [9.17, 15) is 9.59 Å². The lowest BCUT2D eigenvalue weighted by molar-refractivity contribution is -0.124. The number of ether oxygens (including phenoxy) is 2. The van der Waals surface area contributed by atoms with Crippen molar-refractivity contribution in [2.45, 2.75) is 25.8 Å². The summed E-state index contributed by atoms with van der Waals surface area (Å²) >= 11 is 0. The van der Waals surface area contributed by atoms with Crippen molar-refractivity contribution in [2.24, 2.45) is 0 Å². The lowest BCUT2D eigenvalue weighted by atomic mass is 10.1. The number of carbonyl (C=O) groups is 2. The first-order valence-corrected chi connectivity index (χ1v) is 7.97. The van der Waals surface area contributed by atoms with Gasteiger partial charge in [0.25, 0.3) is 5.91 Å². The number of rotatable bonds is 5. The topological polar surface area (TPSA) is 91.7 Å². The number of benzene rings is 1. The van der Waals surface area contributed by atoms with Crippen LogP contribution >= 0.6 is 0 Å². The number of nitrogens with zero attached hydrogens (tertiary/aromatic N) is 2. The van der Waals surface area contributed by atoms with Gasteiger partial charge in [0.05, 0.1) is 12.2 Å².